The number of benzene rings is 10. The zero-order valence-corrected chi connectivity index (χ0v) is 39.5. The second-order valence-electron chi connectivity index (χ2n) is 20.7. The first kappa shape index (κ1) is 40.1. The summed E-state index contributed by atoms with van der Waals surface area (Å²) in [6, 6.07) is 90.0. The molecule has 0 atom stereocenters. The molecule has 0 unspecified atom stereocenters. The first-order valence-corrected chi connectivity index (χ1v) is 24.6. The van der Waals surface area contributed by atoms with E-state index in [9.17, 15) is 0 Å². The van der Waals surface area contributed by atoms with E-state index in [0.717, 1.165) is 17.1 Å². The Labute approximate surface area is 406 Å². The van der Waals surface area contributed by atoms with Crippen molar-refractivity contribution in [3.05, 3.63) is 303 Å². The van der Waals surface area contributed by atoms with Crippen molar-refractivity contribution in [2.75, 3.05) is 4.90 Å². The Morgan fingerprint density at radius 3 is 1.01 bits per heavy atom. The fraction of sp³-hybridized carbons (Fsp3) is 0.118. The highest BCUT2D eigenvalue weighted by molar-refractivity contribution is 5.94. The Bertz CT molecular complexity index is 3650. The second kappa shape index (κ2) is 14.3. The lowest BCUT2D eigenvalue weighted by atomic mass is 9.55. The van der Waals surface area contributed by atoms with E-state index in [1.807, 2.05) is 0 Å². The molecule has 69 heavy (non-hydrogen) atoms. The van der Waals surface area contributed by atoms with Crippen LogP contribution in [0.3, 0.4) is 0 Å². The van der Waals surface area contributed by atoms with E-state index >= 15 is 0 Å². The summed E-state index contributed by atoms with van der Waals surface area (Å²) in [5.41, 5.74) is 25.8. The minimum absolute atomic E-state index is 0.172. The largest absolute Gasteiger partial charge is 0.310 e. The van der Waals surface area contributed by atoms with Gasteiger partial charge >= 0.3 is 0 Å². The fourth-order valence-electron chi connectivity index (χ4n) is 13.8. The molecule has 0 saturated carbocycles. The average molecular weight is 882 g/mol. The molecule has 10 aromatic rings. The molecular weight excluding hydrogens is 831 g/mol. The molecule has 0 amide bonds. The molecule has 0 saturated heterocycles. The molecule has 14 rings (SSSR count). The average Bonchev–Trinajstić information content (AvgIpc) is 3.95. The third-order valence-electron chi connectivity index (χ3n) is 16.8. The standard InChI is InChI=1S/C68H51N/c1-65(2)55-28-14-11-25-49(55)52-38-35-46(41-62(52)65)69(47-36-39-53-50-26-12-15-29-56(50)67(63(53)42-47,44-21-7-5-8-22-44)45-23-9-6-10-24-45)48-37-40-54-51-27-13-16-30-57(51)68(64(54)43-48)60-33-19-17-31-58(60)66(3,4)59-32-18-20-34-61(59)68/h5-43H,1-4H3. The van der Waals surface area contributed by atoms with Crippen LogP contribution < -0.4 is 4.90 Å². The summed E-state index contributed by atoms with van der Waals surface area (Å²) < 4.78 is 0. The Balaban J connectivity index is 1.07. The molecule has 0 radical (unpaired) electrons. The number of anilines is 3. The lowest BCUT2D eigenvalue weighted by Gasteiger charge is -2.46. The van der Waals surface area contributed by atoms with Gasteiger partial charge in [-0.1, -0.05) is 228 Å². The quantitative estimate of drug-likeness (QED) is 0.166. The maximum atomic E-state index is 2.56. The zero-order chi connectivity index (χ0) is 46.3. The predicted octanol–water partition coefficient (Wildman–Crippen LogP) is 16.8. The second-order valence-corrected chi connectivity index (χ2v) is 20.7. The summed E-state index contributed by atoms with van der Waals surface area (Å²) in [7, 11) is 0. The summed E-state index contributed by atoms with van der Waals surface area (Å²) in [4.78, 5) is 2.56. The van der Waals surface area contributed by atoms with E-state index in [2.05, 4.69) is 269 Å². The molecule has 328 valence electrons. The minimum atomic E-state index is -0.538. The molecule has 0 fully saturated rings. The van der Waals surface area contributed by atoms with Gasteiger partial charge in [0.05, 0.1) is 10.8 Å². The van der Waals surface area contributed by atoms with Crippen LogP contribution in [0.4, 0.5) is 17.1 Å². The molecule has 4 aliphatic rings. The molecule has 0 N–H and O–H groups in total. The molecule has 1 nitrogen and oxygen atoms in total. The Kier molecular flexibility index (Phi) is 8.29. The fourth-order valence-corrected chi connectivity index (χ4v) is 13.8. The van der Waals surface area contributed by atoms with Crippen LogP contribution in [0, 0.1) is 0 Å². The normalized spacial score (nSPS) is 16.0. The topological polar surface area (TPSA) is 3.24 Å². The lowest BCUT2D eigenvalue weighted by molar-refractivity contribution is 0.563. The van der Waals surface area contributed by atoms with Crippen molar-refractivity contribution in [2.24, 2.45) is 0 Å². The van der Waals surface area contributed by atoms with E-state index in [1.54, 1.807) is 0 Å². The van der Waals surface area contributed by atoms with Crippen LogP contribution in [0.25, 0.3) is 33.4 Å². The summed E-state index contributed by atoms with van der Waals surface area (Å²) >= 11 is 0. The minimum Gasteiger partial charge on any atom is -0.310 e. The van der Waals surface area contributed by atoms with Crippen molar-refractivity contribution in [1.82, 2.24) is 0 Å². The van der Waals surface area contributed by atoms with Crippen molar-refractivity contribution in [2.45, 2.75) is 49.4 Å². The third-order valence-corrected chi connectivity index (χ3v) is 16.8. The van der Waals surface area contributed by atoms with Gasteiger partial charge in [-0.2, -0.15) is 0 Å². The SMILES string of the molecule is CC1(C)c2ccccc2-c2ccc(N(c3ccc4c(c3)C(c3ccccc3)(c3ccccc3)c3ccccc3-4)c3ccc4c(c3)C3(c5ccccc5-4)c4ccccc4C(C)(C)c4ccccc43)cc21. The maximum Gasteiger partial charge on any atom is 0.0720 e. The lowest BCUT2D eigenvalue weighted by Crippen LogP contribution is -2.40. The first-order chi connectivity index (χ1) is 33.7. The molecule has 1 heteroatoms. The predicted molar refractivity (Wildman–Crippen MR) is 285 cm³/mol. The van der Waals surface area contributed by atoms with Gasteiger partial charge in [0.1, 0.15) is 0 Å². The monoisotopic (exact) mass is 881 g/mol. The summed E-state index contributed by atoms with van der Waals surface area (Å²) in [6.07, 6.45) is 0. The van der Waals surface area contributed by atoms with Gasteiger partial charge in [-0.15, -0.1) is 0 Å². The van der Waals surface area contributed by atoms with Crippen molar-refractivity contribution in [1.29, 1.82) is 0 Å². The van der Waals surface area contributed by atoms with Crippen LogP contribution in [0.1, 0.15) is 94.5 Å². The van der Waals surface area contributed by atoms with Gasteiger partial charge in [-0.05, 0) is 137 Å². The Morgan fingerprint density at radius 1 is 0.232 bits per heavy atom. The molecule has 0 bridgehead atoms. The van der Waals surface area contributed by atoms with Gasteiger partial charge in [-0.25, -0.2) is 0 Å². The third kappa shape index (κ3) is 5.15. The van der Waals surface area contributed by atoms with Gasteiger partial charge in [0, 0.05) is 27.9 Å². The zero-order valence-electron chi connectivity index (χ0n) is 39.5. The van der Waals surface area contributed by atoms with Crippen molar-refractivity contribution in [3.8, 4) is 33.4 Å². The van der Waals surface area contributed by atoms with Gasteiger partial charge in [-0.3, -0.25) is 0 Å². The van der Waals surface area contributed by atoms with E-state index in [0.29, 0.717) is 0 Å². The van der Waals surface area contributed by atoms with Crippen LogP contribution >= 0.6 is 0 Å². The Hall–Kier alpha value is -8.00. The number of nitrogens with zero attached hydrogens (tertiary/aromatic N) is 1. The maximum absolute atomic E-state index is 2.56. The molecular formula is C68H51N. The van der Waals surface area contributed by atoms with Crippen LogP contribution in [0.15, 0.2) is 237 Å². The first-order valence-electron chi connectivity index (χ1n) is 24.6. The van der Waals surface area contributed by atoms with Crippen LogP contribution in [-0.4, -0.2) is 0 Å². The summed E-state index contributed by atoms with van der Waals surface area (Å²) in [5.74, 6) is 0. The smallest absolute Gasteiger partial charge is 0.0720 e. The van der Waals surface area contributed by atoms with E-state index in [-0.39, 0.29) is 10.8 Å². The molecule has 10 aromatic carbocycles. The number of rotatable bonds is 5. The highest BCUT2D eigenvalue weighted by Crippen LogP contribution is 2.64. The van der Waals surface area contributed by atoms with Crippen LogP contribution in [0.5, 0.6) is 0 Å². The van der Waals surface area contributed by atoms with Gasteiger partial charge < -0.3 is 4.90 Å². The van der Waals surface area contributed by atoms with Crippen molar-refractivity contribution >= 4 is 17.1 Å². The highest BCUT2D eigenvalue weighted by Gasteiger charge is 2.54. The van der Waals surface area contributed by atoms with Crippen molar-refractivity contribution < 1.29 is 0 Å². The summed E-state index contributed by atoms with van der Waals surface area (Å²) in [5, 5.41) is 0. The van der Waals surface area contributed by atoms with E-state index < -0.39 is 10.8 Å². The molecule has 1 spiro atoms. The van der Waals surface area contributed by atoms with Crippen LogP contribution in [0.2, 0.25) is 0 Å². The number of fused-ring (bicyclic) bond motifs is 15. The molecule has 4 aliphatic carbocycles. The molecule has 0 aliphatic heterocycles. The van der Waals surface area contributed by atoms with Crippen LogP contribution in [-0.2, 0) is 21.7 Å². The number of hydrogen-bond acceptors (Lipinski definition) is 1. The van der Waals surface area contributed by atoms with E-state index in [4.69, 9.17) is 0 Å². The Morgan fingerprint density at radius 2 is 0.536 bits per heavy atom. The van der Waals surface area contributed by atoms with Gasteiger partial charge in [0.15, 0.2) is 0 Å². The van der Waals surface area contributed by atoms with Gasteiger partial charge in [0.25, 0.3) is 0 Å². The molecule has 0 heterocycles. The molecule has 0 aromatic heterocycles. The number of hydrogen-bond donors (Lipinski definition) is 0. The van der Waals surface area contributed by atoms with Gasteiger partial charge in [0.2, 0.25) is 0 Å². The summed E-state index contributed by atoms with van der Waals surface area (Å²) in [6.45, 7) is 9.59. The van der Waals surface area contributed by atoms with E-state index in [1.165, 1.54) is 100 Å². The van der Waals surface area contributed by atoms with Crippen molar-refractivity contribution in [3.63, 3.8) is 0 Å². The highest BCUT2D eigenvalue weighted by atomic mass is 15.1.